The summed E-state index contributed by atoms with van der Waals surface area (Å²) in [5, 5.41) is 0. The minimum absolute atomic E-state index is 1.08. The first-order valence-electron chi connectivity index (χ1n) is 5.04. The molecule has 0 saturated carbocycles. The molecule has 1 heteroatoms. The van der Waals surface area contributed by atoms with E-state index in [1.165, 1.54) is 23.3 Å². The van der Waals surface area contributed by atoms with Crippen molar-refractivity contribution in [3.05, 3.63) is 11.1 Å². The van der Waals surface area contributed by atoms with Gasteiger partial charge in [0.1, 0.15) is 0 Å². The molecule has 0 N–H and O–H groups in total. The van der Waals surface area contributed by atoms with Crippen LogP contribution in [0.2, 0.25) is 0 Å². The lowest BCUT2D eigenvalue weighted by Crippen LogP contribution is -1.83. The molecule has 0 unspecified atom stereocenters. The molecule has 0 bridgehead atoms. The second-order valence-corrected chi connectivity index (χ2v) is 3.45. The Bertz CT molecular complexity index is 172. The molecular weight excluding hydrogens is 158 g/mol. The summed E-state index contributed by atoms with van der Waals surface area (Å²) in [5.41, 5.74) is 4.19. The Morgan fingerprint density at radius 3 is 1.38 bits per heavy atom. The third kappa shape index (κ3) is 11.4. The van der Waals surface area contributed by atoms with Gasteiger partial charge in [0.25, 0.3) is 0 Å². The van der Waals surface area contributed by atoms with Crippen LogP contribution in [0.25, 0.3) is 0 Å². The Morgan fingerprint density at radius 2 is 1.38 bits per heavy atom. The molecule has 0 aromatic heterocycles. The Kier molecular flexibility index (Phi) is 10.9. The standard InChI is InChI=1S/C7H14.C5H11N/c1-5-7(4)6(2)3;1-4-5(2)6-3/h5H2,1-4H3;4H2,1-3H3. The summed E-state index contributed by atoms with van der Waals surface area (Å²) in [4.78, 5) is 3.92. The van der Waals surface area contributed by atoms with Crippen LogP contribution in [0.3, 0.4) is 0 Å². The van der Waals surface area contributed by atoms with Crippen molar-refractivity contribution in [3.8, 4) is 0 Å². The molecule has 0 aliphatic carbocycles. The number of aliphatic imine (C=N–C) groups is 1. The number of rotatable bonds is 2. The molecule has 0 aliphatic rings. The molecular formula is C12H25N. The van der Waals surface area contributed by atoms with E-state index in [1.54, 1.807) is 0 Å². The third-order valence-electron chi connectivity index (χ3n) is 2.28. The fourth-order valence-corrected chi connectivity index (χ4v) is 0.512. The minimum Gasteiger partial charge on any atom is -0.298 e. The highest BCUT2D eigenvalue weighted by atomic mass is 14.7. The van der Waals surface area contributed by atoms with Crippen molar-refractivity contribution in [1.82, 2.24) is 0 Å². The molecule has 0 amide bonds. The third-order valence-corrected chi connectivity index (χ3v) is 2.28. The smallest absolute Gasteiger partial charge is 0.0276 e. The van der Waals surface area contributed by atoms with Crippen LogP contribution < -0.4 is 0 Å². The molecule has 0 spiro atoms. The van der Waals surface area contributed by atoms with Crippen molar-refractivity contribution in [3.63, 3.8) is 0 Å². The van der Waals surface area contributed by atoms with Gasteiger partial charge in [0.2, 0.25) is 0 Å². The van der Waals surface area contributed by atoms with Crippen molar-refractivity contribution in [1.29, 1.82) is 0 Å². The highest BCUT2D eigenvalue weighted by Crippen LogP contribution is 2.04. The van der Waals surface area contributed by atoms with Gasteiger partial charge in [-0.2, -0.15) is 0 Å². The van der Waals surface area contributed by atoms with Crippen LogP contribution in [0.15, 0.2) is 16.1 Å². The predicted octanol–water partition coefficient (Wildman–Crippen LogP) is 4.24. The quantitative estimate of drug-likeness (QED) is 0.448. The lowest BCUT2D eigenvalue weighted by molar-refractivity contribution is 1.05. The van der Waals surface area contributed by atoms with Gasteiger partial charge in [-0.25, -0.2) is 0 Å². The highest BCUT2D eigenvalue weighted by molar-refractivity contribution is 5.81. The fourth-order valence-electron chi connectivity index (χ4n) is 0.512. The van der Waals surface area contributed by atoms with Gasteiger partial charge in [0, 0.05) is 12.8 Å². The molecule has 0 rings (SSSR count). The molecule has 0 saturated heterocycles. The van der Waals surface area contributed by atoms with Gasteiger partial charge in [0.15, 0.2) is 0 Å². The van der Waals surface area contributed by atoms with Gasteiger partial charge < -0.3 is 0 Å². The molecule has 0 aromatic carbocycles. The van der Waals surface area contributed by atoms with Gasteiger partial charge in [-0.3, -0.25) is 4.99 Å². The number of allylic oxidation sites excluding steroid dienone is 2. The molecule has 0 aromatic rings. The van der Waals surface area contributed by atoms with Gasteiger partial charge in [-0.05, 0) is 40.5 Å². The number of hydrogen-bond acceptors (Lipinski definition) is 1. The first-order chi connectivity index (χ1) is 5.99. The maximum atomic E-state index is 3.92. The van der Waals surface area contributed by atoms with Crippen LogP contribution >= 0.6 is 0 Å². The summed E-state index contributed by atoms with van der Waals surface area (Å²) < 4.78 is 0. The van der Waals surface area contributed by atoms with Crippen molar-refractivity contribution in [2.24, 2.45) is 4.99 Å². The second-order valence-electron chi connectivity index (χ2n) is 3.45. The molecule has 1 nitrogen and oxygen atoms in total. The Morgan fingerprint density at radius 1 is 0.923 bits per heavy atom. The van der Waals surface area contributed by atoms with E-state index in [4.69, 9.17) is 0 Å². The van der Waals surface area contributed by atoms with E-state index in [1.807, 2.05) is 14.0 Å². The maximum Gasteiger partial charge on any atom is 0.0276 e. The molecule has 0 aliphatic heterocycles. The predicted molar refractivity (Wildman–Crippen MR) is 63.7 cm³/mol. The van der Waals surface area contributed by atoms with Crippen molar-refractivity contribution < 1.29 is 0 Å². The molecule has 0 heterocycles. The van der Waals surface area contributed by atoms with E-state index in [0.717, 1.165) is 6.42 Å². The van der Waals surface area contributed by atoms with E-state index in [9.17, 15) is 0 Å². The van der Waals surface area contributed by atoms with E-state index in [2.05, 4.69) is 39.6 Å². The summed E-state index contributed by atoms with van der Waals surface area (Å²) in [7, 11) is 1.82. The van der Waals surface area contributed by atoms with Crippen molar-refractivity contribution in [2.75, 3.05) is 7.05 Å². The normalized spacial score (nSPS) is 10.2. The number of nitrogens with zero attached hydrogens (tertiary/aromatic N) is 1. The highest BCUT2D eigenvalue weighted by Gasteiger charge is 1.82. The Hall–Kier alpha value is -0.590. The van der Waals surface area contributed by atoms with Crippen LogP contribution in [0.5, 0.6) is 0 Å². The first kappa shape index (κ1) is 14.9. The monoisotopic (exact) mass is 183 g/mol. The summed E-state index contributed by atoms with van der Waals surface area (Å²) in [6.07, 6.45) is 2.28. The van der Waals surface area contributed by atoms with Crippen LogP contribution in [0.1, 0.15) is 54.4 Å². The summed E-state index contributed by atoms with van der Waals surface area (Å²) >= 11 is 0. The molecule has 0 fully saturated rings. The zero-order valence-electron chi connectivity index (χ0n) is 10.4. The fraction of sp³-hybridized carbons (Fsp3) is 0.750. The molecule has 13 heavy (non-hydrogen) atoms. The van der Waals surface area contributed by atoms with E-state index >= 15 is 0 Å². The SMILES string of the molecule is CCC(C)=C(C)C.CCC(C)=NC. The van der Waals surface area contributed by atoms with Crippen molar-refractivity contribution in [2.45, 2.75) is 54.4 Å². The first-order valence-corrected chi connectivity index (χ1v) is 5.04. The van der Waals surface area contributed by atoms with Gasteiger partial charge in [-0.15, -0.1) is 0 Å². The van der Waals surface area contributed by atoms with E-state index < -0.39 is 0 Å². The Labute approximate surface area is 84.0 Å². The second kappa shape index (κ2) is 9.50. The van der Waals surface area contributed by atoms with Crippen LogP contribution in [-0.2, 0) is 0 Å². The van der Waals surface area contributed by atoms with E-state index in [-0.39, 0.29) is 0 Å². The zero-order valence-corrected chi connectivity index (χ0v) is 10.4. The topological polar surface area (TPSA) is 12.4 Å². The lowest BCUT2D eigenvalue weighted by Gasteiger charge is -1.94. The summed E-state index contributed by atoms with van der Waals surface area (Å²) in [6, 6.07) is 0. The largest absolute Gasteiger partial charge is 0.298 e. The molecule has 0 atom stereocenters. The molecule has 0 radical (unpaired) electrons. The maximum absolute atomic E-state index is 3.92. The average Bonchev–Trinajstić information content (AvgIpc) is 2.16. The lowest BCUT2D eigenvalue weighted by atomic mass is 10.1. The Balaban J connectivity index is 0. The molecule has 78 valence electrons. The zero-order chi connectivity index (χ0) is 10.9. The summed E-state index contributed by atoms with van der Waals surface area (Å²) in [6.45, 7) is 12.8. The van der Waals surface area contributed by atoms with Crippen LogP contribution in [0, 0.1) is 0 Å². The van der Waals surface area contributed by atoms with Crippen LogP contribution in [0.4, 0.5) is 0 Å². The minimum atomic E-state index is 1.08. The van der Waals surface area contributed by atoms with Gasteiger partial charge in [0.05, 0.1) is 0 Å². The summed E-state index contributed by atoms with van der Waals surface area (Å²) in [5.74, 6) is 0. The van der Waals surface area contributed by atoms with Gasteiger partial charge in [-0.1, -0.05) is 25.0 Å². The number of hydrogen-bond donors (Lipinski definition) is 0. The average molecular weight is 183 g/mol. The van der Waals surface area contributed by atoms with E-state index in [0.29, 0.717) is 0 Å². The van der Waals surface area contributed by atoms with Crippen LogP contribution in [-0.4, -0.2) is 12.8 Å². The van der Waals surface area contributed by atoms with Crippen molar-refractivity contribution >= 4 is 5.71 Å². The van der Waals surface area contributed by atoms with Gasteiger partial charge >= 0.3 is 0 Å².